The van der Waals surface area contributed by atoms with Gasteiger partial charge in [-0.1, -0.05) is 6.58 Å². The molecule has 0 radical (unpaired) electrons. The molecule has 0 aliphatic heterocycles. The van der Waals surface area contributed by atoms with Crippen molar-refractivity contribution in [2.24, 2.45) is 5.73 Å². The number of carboxylic acid groups (broad SMARTS) is 1. The first kappa shape index (κ1) is 12.8. The smallest absolute Gasteiger partial charge is 0.327 e. The summed E-state index contributed by atoms with van der Waals surface area (Å²) in [5.74, 6) is -0.981. The van der Waals surface area contributed by atoms with E-state index in [1.54, 1.807) is 0 Å². The summed E-state index contributed by atoms with van der Waals surface area (Å²) in [4.78, 5) is 11.2. The fourth-order valence-corrected chi connectivity index (χ4v) is 0. The Hall–Kier alpha value is -0.870. The van der Waals surface area contributed by atoms with Crippen molar-refractivity contribution in [2.75, 3.05) is 14.1 Å². The Bertz CT molecular complexity index is 116. The molecule has 0 aliphatic carbocycles. The van der Waals surface area contributed by atoms with Crippen molar-refractivity contribution in [3.63, 3.8) is 0 Å². The highest BCUT2D eigenvalue weighted by Gasteiger charge is 1.90. The second-order valence-electron chi connectivity index (χ2n) is 2.25. The first-order valence-electron chi connectivity index (χ1n) is 3.19. The van der Waals surface area contributed by atoms with Gasteiger partial charge in [0.25, 0.3) is 0 Å². The zero-order valence-corrected chi connectivity index (χ0v) is 7.24. The van der Waals surface area contributed by atoms with Gasteiger partial charge in [-0.15, -0.1) is 0 Å². The predicted octanol–water partition coefficient (Wildman–Crippen LogP) is 0.110. The van der Waals surface area contributed by atoms with Crippen LogP contribution >= 0.6 is 0 Å². The summed E-state index contributed by atoms with van der Waals surface area (Å²) in [6.07, 6.45) is 1.02. The minimum absolute atomic E-state index is 0.185. The topological polar surface area (TPSA) is 66.6 Å². The lowest BCUT2D eigenvalue weighted by molar-refractivity contribution is -0.131. The molecular weight excluding hydrogens is 144 g/mol. The number of nitrogens with zero attached hydrogens (tertiary/aromatic N) is 1. The number of hydrogen-bond donors (Lipinski definition) is 2. The van der Waals surface area contributed by atoms with Crippen LogP contribution < -0.4 is 5.73 Å². The van der Waals surface area contributed by atoms with Crippen LogP contribution in [0.25, 0.3) is 0 Å². The number of carboxylic acids is 1. The average molecular weight is 160 g/mol. The molecule has 0 spiro atoms. The summed E-state index contributed by atoms with van der Waals surface area (Å²) in [6.45, 7) is 4.91. The van der Waals surface area contributed by atoms with Crippen molar-refractivity contribution >= 4 is 5.97 Å². The minimum atomic E-state index is -0.981. The lowest BCUT2D eigenvalue weighted by Gasteiger charge is -2.12. The summed E-state index contributed by atoms with van der Waals surface area (Å²) in [6, 6.07) is 0. The number of hydrogen-bond acceptors (Lipinski definition) is 3. The largest absolute Gasteiger partial charge is 0.478 e. The maximum absolute atomic E-state index is 9.25. The quantitative estimate of drug-likeness (QED) is 0.444. The molecule has 66 valence electrons. The van der Waals surface area contributed by atoms with Crippen LogP contribution in [0, 0.1) is 0 Å². The second kappa shape index (κ2) is 7.24. The molecule has 0 aromatic carbocycles. The number of rotatable bonds is 2. The third kappa shape index (κ3) is 17.6. The van der Waals surface area contributed by atoms with Gasteiger partial charge in [0.05, 0.1) is 6.17 Å². The lowest BCUT2D eigenvalue weighted by Crippen LogP contribution is -2.32. The molecule has 1 atom stereocenters. The normalized spacial score (nSPS) is 11.4. The monoisotopic (exact) mass is 160 g/mol. The van der Waals surface area contributed by atoms with Crippen molar-refractivity contribution in [1.82, 2.24) is 4.90 Å². The first-order valence-corrected chi connectivity index (χ1v) is 3.19. The second-order valence-corrected chi connectivity index (χ2v) is 2.25. The van der Waals surface area contributed by atoms with Gasteiger partial charge >= 0.3 is 5.97 Å². The van der Waals surface area contributed by atoms with E-state index in [9.17, 15) is 4.79 Å². The van der Waals surface area contributed by atoms with Gasteiger partial charge in [0, 0.05) is 6.08 Å². The van der Waals surface area contributed by atoms with E-state index in [0.29, 0.717) is 0 Å². The molecule has 0 saturated carbocycles. The maximum Gasteiger partial charge on any atom is 0.327 e. The Morgan fingerprint density at radius 2 is 1.91 bits per heavy atom. The van der Waals surface area contributed by atoms with Gasteiger partial charge in [-0.2, -0.15) is 0 Å². The molecule has 0 heterocycles. The zero-order valence-electron chi connectivity index (χ0n) is 7.24. The van der Waals surface area contributed by atoms with Gasteiger partial charge in [-0.05, 0) is 21.0 Å². The summed E-state index contributed by atoms with van der Waals surface area (Å²) < 4.78 is 0. The fraction of sp³-hybridized carbons (Fsp3) is 0.571. The Labute approximate surface area is 67.3 Å². The molecule has 4 heteroatoms. The molecule has 0 aromatic heterocycles. The van der Waals surface area contributed by atoms with Gasteiger partial charge in [-0.25, -0.2) is 4.79 Å². The van der Waals surface area contributed by atoms with Crippen LogP contribution in [-0.2, 0) is 4.79 Å². The van der Waals surface area contributed by atoms with Gasteiger partial charge < -0.3 is 10.8 Å². The molecule has 4 nitrogen and oxygen atoms in total. The molecule has 0 rings (SSSR count). The highest BCUT2D eigenvalue weighted by atomic mass is 16.4. The molecule has 0 amide bonds. The van der Waals surface area contributed by atoms with Crippen molar-refractivity contribution in [3.8, 4) is 0 Å². The summed E-state index contributed by atoms with van der Waals surface area (Å²) in [5.41, 5.74) is 5.36. The Morgan fingerprint density at radius 1 is 1.73 bits per heavy atom. The first-order chi connectivity index (χ1) is 4.91. The molecule has 0 fully saturated rings. The van der Waals surface area contributed by atoms with Crippen molar-refractivity contribution in [3.05, 3.63) is 12.7 Å². The van der Waals surface area contributed by atoms with E-state index < -0.39 is 5.97 Å². The van der Waals surface area contributed by atoms with E-state index >= 15 is 0 Å². The van der Waals surface area contributed by atoms with Gasteiger partial charge in [0.15, 0.2) is 0 Å². The molecule has 1 unspecified atom stereocenters. The summed E-state index contributed by atoms with van der Waals surface area (Å²) in [7, 11) is 3.90. The van der Waals surface area contributed by atoms with Crippen molar-refractivity contribution in [2.45, 2.75) is 13.1 Å². The van der Waals surface area contributed by atoms with Gasteiger partial charge in [0.2, 0.25) is 0 Å². The SMILES string of the molecule is C=CC(=O)O.CC(N)N(C)C. The summed E-state index contributed by atoms with van der Waals surface area (Å²) in [5, 5.41) is 7.60. The van der Waals surface area contributed by atoms with Crippen molar-refractivity contribution in [1.29, 1.82) is 0 Å². The minimum Gasteiger partial charge on any atom is -0.478 e. The van der Waals surface area contributed by atoms with Crippen LogP contribution in [0.4, 0.5) is 0 Å². The average Bonchev–Trinajstić information content (AvgIpc) is 1.89. The highest BCUT2D eigenvalue weighted by molar-refractivity contribution is 5.78. The van der Waals surface area contributed by atoms with E-state index in [1.165, 1.54) is 0 Å². The molecule has 0 aromatic rings. The fourth-order valence-electron chi connectivity index (χ4n) is 0. The number of carbonyl (C=O) groups is 1. The lowest BCUT2D eigenvalue weighted by atomic mass is 10.6. The van der Waals surface area contributed by atoms with E-state index in [4.69, 9.17) is 10.8 Å². The third-order valence-electron chi connectivity index (χ3n) is 0.989. The highest BCUT2D eigenvalue weighted by Crippen LogP contribution is 1.75. The number of aliphatic carboxylic acids is 1. The van der Waals surface area contributed by atoms with Crippen molar-refractivity contribution < 1.29 is 9.90 Å². The van der Waals surface area contributed by atoms with E-state index in [-0.39, 0.29) is 6.17 Å². The predicted molar refractivity (Wildman–Crippen MR) is 45.2 cm³/mol. The molecule has 11 heavy (non-hydrogen) atoms. The third-order valence-corrected chi connectivity index (χ3v) is 0.989. The van der Waals surface area contributed by atoms with Crippen LogP contribution in [0.1, 0.15) is 6.92 Å². The van der Waals surface area contributed by atoms with Crippen LogP contribution in [0.15, 0.2) is 12.7 Å². The van der Waals surface area contributed by atoms with Gasteiger partial charge in [-0.3, -0.25) is 4.90 Å². The molecule has 3 N–H and O–H groups in total. The Balaban J connectivity index is 0. The standard InChI is InChI=1S/C4H12N2.C3H4O2/c1-4(5)6(2)3;1-2-3(4)5/h4H,5H2,1-3H3;2H,1H2,(H,4,5). The van der Waals surface area contributed by atoms with Crippen LogP contribution in [0.5, 0.6) is 0 Å². The maximum atomic E-state index is 9.25. The molecule has 0 saturated heterocycles. The molecular formula is C7H16N2O2. The Kier molecular flexibility index (Phi) is 8.41. The van der Waals surface area contributed by atoms with E-state index in [1.807, 2.05) is 25.9 Å². The summed E-state index contributed by atoms with van der Waals surface area (Å²) >= 11 is 0. The molecule has 0 aliphatic rings. The van der Waals surface area contributed by atoms with E-state index in [0.717, 1.165) is 6.08 Å². The Morgan fingerprint density at radius 3 is 1.91 bits per heavy atom. The van der Waals surface area contributed by atoms with Crippen LogP contribution in [0.2, 0.25) is 0 Å². The van der Waals surface area contributed by atoms with Gasteiger partial charge in [0.1, 0.15) is 0 Å². The number of nitrogens with two attached hydrogens (primary N) is 1. The zero-order chi connectivity index (χ0) is 9.44. The van der Waals surface area contributed by atoms with Crippen LogP contribution in [-0.4, -0.2) is 36.2 Å². The molecule has 0 bridgehead atoms. The van der Waals surface area contributed by atoms with E-state index in [2.05, 4.69) is 6.58 Å². The van der Waals surface area contributed by atoms with Crippen LogP contribution in [0.3, 0.4) is 0 Å².